The predicted octanol–water partition coefficient (Wildman–Crippen LogP) is 2.66. The summed E-state index contributed by atoms with van der Waals surface area (Å²) in [6.45, 7) is 4.57. The zero-order valence-electron chi connectivity index (χ0n) is 12.7. The molecule has 1 aromatic heterocycles. The molecule has 1 fully saturated rings. The van der Waals surface area contributed by atoms with Gasteiger partial charge >= 0.3 is 0 Å². The molecule has 5 nitrogen and oxygen atoms in total. The zero-order valence-corrected chi connectivity index (χ0v) is 13.5. The van der Waals surface area contributed by atoms with E-state index in [4.69, 9.17) is 11.6 Å². The van der Waals surface area contributed by atoms with E-state index >= 15 is 0 Å². The summed E-state index contributed by atoms with van der Waals surface area (Å²) in [4.78, 5) is 12.6. The topological polar surface area (TPSA) is 67.2 Å². The molecule has 0 saturated heterocycles. The van der Waals surface area contributed by atoms with Gasteiger partial charge in [0.25, 0.3) is 5.56 Å². The lowest BCUT2D eigenvalue weighted by atomic mass is 9.85. The van der Waals surface area contributed by atoms with Gasteiger partial charge in [0.05, 0.1) is 23.4 Å². The van der Waals surface area contributed by atoms with Gasteiger partial charge in [0.2, 0.25) is 0 Å². The van der Waals surface area contributed by atoms with Gasteiger partial charge in [0.1, 0.15) is 5.69 Å². The van der Waals surface area contributed by atoms with Gasteiger partial charge in [-0.05, 0) is 31.6 Å². The number of rotatable bonds is 7. The molecule has 1 heterocycles. The largest absolute Gasteiger partial charge is 0.394 e. The van der Waals surface area contributed by atoms with Crippen LogP contribution in [-0.2, 0) is 6.54 Å². The summed E-state index contributed by atoms with van der Waals surface area (Å²) in [7, 11) is 0. The number of anilines is 1. The number of hydrogen-bond acceptors (Lipinski definition) is 4. The van der Waals surface area contributed by atoms with E-state index in [1.807, 2.05) is 13.8 Å². The van der Waals surface area contributed by atoms with E-state index < -0.39 is 5.54 Å². The van der Waals surface area contributed by atoms with Crippen LogP contribution in [0.5, 0.6) is 0 Å². The minimum Gasteiger partial charge on any atom is -0.394 e. The number of halogens is 1. The highest BCUT2D eigenvalue weighted by Gasteiger charge is 2.28. The Bertz CT molecular complexity index is 528. The molecule has 1 aliphatic carbocycles. The van der Waals surface area contributed by atoms with Crippen LogP contribution in [0.2, 0.25) is 5.02 Å². The first-order valence-electron chi connectivity index (χ1n) is 7.70. The van der Waals surface area contributed by atoms with E-state index in [-0.39, 0.29) is 12.2 Å². The van der Waals surface area contributed by atoms with E-state index in [2.05, 4.69) is 10.4 Å². The van der Waals surface area contributed by atoms with Crippen molar-refractivity contribution in [3.05, 3.63) is 21.6 Å². The van der Waals surface area contributed by atoms with Crippen LogP contribution in [0, 0.1) is 5.92 Å². The standard InChI is InChI=1S/C15H24ClN3O2/c1-3-15(4-2,10-20)18-13-12(16)8-17-19(14(13)21)9-11-6-5-7-11/h8,11,18,20H,3-7,9-10H2,1-2H3. The highest BCUT2D eigenvalue weighted by atomic mass is 35.5. The molecule has 1 saturated carbocycles. The van der Waals surface area contributed by atoms with Crippen LogP contribution >= 0.6 is 11.6 Å². The fourth-order valence-corrected chi connectivity index (χ4v) is 2.76. The monoisotopic (exact) mass is 313 g/mol. The first kappa shape index (κ1) is 16.3. The number of nitrogens with one attached hydrogen (secondary N) is 1. The van der Waals surface area contributed by atoms with Gasteiger partial charge in [-0.1, -0.05) is 31.9 Å². The highest BCUT2D eigenvalue weighted by molar-refractivity contribution is 6.33. The van der Waals surface area contributed by atoms with Crippen LogP contribution in [0.4, 0.5) is 5.69 Å². The number of nitrogens with zero attached hydrogens (tertiary/aromatic N) is 2. The molecule has 0 radical (unpaired) electrons. The summed E-state index contributed by atoms with van der Waals surface area (Å²) in [5, 5.41) is 17.3. The lowest BCUT2D eigenvalue weighted by Crippen LogP contribution is -2.43. The number of aliphatic hydroxyl groups is 1. The van der Waals surface area contributed by atoms with E-state index in [0.717, 1.165) is 12.8 Å². The molecule has 0 atom stereocenters. The molecule has 118 valence electrons. The second kappa shape index (κ2) is 6.79. The fraction of sp³-hybridized carbons (Fsp3) is 0.733. The number of aliphatic hydroxyl groups excluding tert-OH is 1. The third kappa shape index (κ3) is 3.40. The lowest BCUT2D eigenvalue weighted by Gasteiger charge is -2.32. The Labute approximate surface area is 130 Å². The summed E-state index contributed by atoms with van der Waals surface area (Å²) in [5.41, 5.74) is -0.365. The average Bonchev–Trinajstić information content (AvgIpc) is 2.46. The molecule has 0 unspecified atom stereocenters. The van der Waals surface area contributed by atoms with Gasteiger partial charge in [-0.2, -0.15) is 5.10 Å². The Kier molecular flexibility index (Phi) is 5.27. The van der Waals surface area contributed by atoms with Crippen molar-refractivity contribution in [2.24, 2.45) is 5.92 Å². The Morgan fingerprint density at radius 1 is 1.48 bits per heavy atom. The highest BCUT2D eigenvalue weighted by Crippen LogP contribution is 2.28. The quantitative estimate of drug-likeness (QED) is 0.812. The van der Waals surface area contributed by atoms with Gasteiger partial charge in [-0.3, -0.25) is 4.79 Å². The normalized spacial score (nSPS) is 15.8. The minimum absolute atomic E-state index is 0.0410. The van der Waals surface area contributed by atoms with Crippen molar-refractivity contribution in [3.63, 3.8) is 0 Å². The van der Waals surface area contributed by atoms with Crippen LogP contribution in [0.1, 0.15) is 46.0 Å². The van der Waals surface area contributed by atoms with Crippen molar-refractivity contribution < 1.29 is 5.11 Å². The molecule has 0 amide bonds. The number of hydrogen-bond donors (Lipinski definition) is 2. The van der Waals surface area contributed by atoms with Crippen LogP contribution in [0.3, 0.4) is 0 Å². The lowest BCUT2D eigenvalue weighted by molar-refractivity contribution is 0.202. The molecule has 0 spiro atoms. The second-order valence-corrected chi connectivity index (χ2v) is 6.33. The molecular formula is C15H24ClN3O2. The summed E-state index contributed by atoms with van der Waals surface area (Å²) in [5.74, 6) is 0.546. The molecule has 0 aromatic carbocycles. The molecule has 1 aromatic rings. The Hall–Kier alpha value is -1.07. The van der Waals surface area contributed by atoms with Crippen molar-refractivity contribution in [2.45, 2.75) is 58.0 Å². The maximum Gasteiger partial charge on any atom is 0.291 e. The van der Waals surface area contributed by atoms with Crippen molar-refractivity contribution in [1.82, 2.24) is 9.78 Å². The SMILES string of the molecule is CCC(CC)(CO)Nc1c(Cl)cnn(CC2CCC2)c1=O. The van der Waals surface area contributed by atoms with Crippen LogP contribution in [0.15, 0.2) is 11.0 Å². The van der Waals surface area contributed by atoms with E-state index in [1.165, 1.54) is 17.3 Å². The molecule has 0 aliphatic heterocycles. The summed E-state index contributed by atoms with van der Waals surface area (Å²) < 4.78 is 1.49. The molecule has 6 heteroatoms. The van der Waals surface area contributed by atoms with Gasteiger partial charge in [-0.25, -0.2) is 4.68 Å². The van der Waals surface area contributed by atoms with Crippen molar-refractivity contribution in [2.75, 3.05) is 11.9 Å². The minimum atomic E-state index is -0.515. The average molecular weight is 314 g/mol. The molecule has 1 aliphatic rings. The predicted molar refractivity (Wildman–Crippen MR) is 84.9 cm³/mol. The fourth-order valence-electron chi connectivity index (χ4n) is 2.59. The Balaban J connectivity index is 2.29. The smallest absolute Gasteiger partial charge is 0.291 e. The first-order valence-corrected chi connectivity index (χ1v) is 8.07. The van der Waals surface area contributed by atoms with Crippen LogP contribution in [-0.4, -0.2) is 27.0 Å². The number of aromatic nitrogens is 2. The van der Waals surface area contributed by atoms with Gasteiger partial charge in [0.15, 0.2) is 0 Å². The van der Waals surface area contributed by atoms with Crippen molar-refractivity contribution >= 4 is 17.3 Å². The van der Waals surface area contributed by atoms with Crippen LogP contribution < -0.4 is 10.9 Å². The van der Waals surface area contributed by atoms with Crippen molar-refractivity contribution in [3.8, 4) is 0 Å². The van der Waals surface area contributed by atoms with Gasteiger partial charge in [-0.15, -0.1) is 0 Å². The molecule has 2 N–H and O–H groups in total. The second-order valence-electron chi connectivity index (χ2n) is 5.92. The van der Waals surface area contributed by atoms with Gasteiger partial charge in [0, 0.05) is 6.54 Å². The Morgan fingerprint density at radius 2 is 2.14 bits per heavy atom. The maximum atomic E-state index is 12.6. The Morgan fingerprint density at radius 3 is 2.62 bits per heavy atom. The summed E-state index contributed by atoms with van der Waals surface area (Å²) >= 11 is 6.14. The third-order valence-corrected chi connectivity index (χ3v) is 4.99. The first-order chi connectivity index (χ1) is 10.0. The third-order valence-electron chi connectivity index (χ3n) is 4.70. The summed E-state index contributed by atoms with van der Waals surface area (Å²) in [6.07, 6.45) is 6.48. The zero-order chi connectivity index (χ0) is 15.5. The van der Waals surface area contributed by atoms with E-state index in [1.54, 1.807) is 0 Å². The summed E-state index contributed by atoms with van der Waals surface area (Å²) in [6, 6.07) is 0. The van der Waals surface area contributed by atoms with Crippen LogP contribution in [0.25, 0.3) is 0 Å². The maximum absolute atomic E-state index is 12.6. The molecule has 2 rings (SSSR count). The van der Waals surface area contributed by atoms with E-state index in [9.17, 15) is 9.90 Å². The molecule has 21 heavy (non-hydrogen) atoms. The van der Waals surface area contributed by atoms with Gasteiger partial charge < -0.3 is 10.4 Å². The van der Waals surface area contributed by atoms with Crippen molar-refractivity contribution in [1.29, 1.82) is 0 Å². The molecule has 0 bridgehead atoms. The van der Waals surface area contributed by atoms with E-state index in [0.29, 0.717) is 36.0 Å². The molecular weight excluding hydrogens is 290 g/mol.